The normalized spacial score (nSPS) is 11.2. The molecule has 0 unspecified atom stereocenters. The Kier molecular flexibility index (Phi) is 5.73. The molecular formula is C14H21N3O2. The standard InChI is InChI=1S/C14H21N3O2/c1-5-11(3)18-8-7-9-19-14-12(13(15)6-2)10-16-17(14)4/h5-6,10H,1,3,7-9,15H2,2,4H3/b13-6-. The van der Waals surface area contributed by atoms with Crippen LogP contribution in [-0.4, -0.2) is 23.0 Å². The Balaban J connectivity index is 2.47. The predicted molar refractivity (Wildman–Crippen MR) is 76.4 cm³/mol. The Morgan fingerprint density at radius 1 is 1.53 bits per heavy atom. The van der Waals surface area contributed by atoms with Gasteiger partial charge in [-0.3, -0.25) is 0 Å². The SMILES string of the molecule is C=CC(=C)OCCCOc1c(/C(N)=C/C)cnn1C. The van der Waals surface area contributed by atoms with E-state index in [2.05, 4.69) is 18.3 Å². The number of aryl methyl sites for hydroxylation is 1. The molecule has 0 saturated heterocycles. The van der Waals surface area contributed by atoms with Crippen LogP contribution < -0.4 is 10.5 Å². The summed E-state index contributed by atoms with van der Waals surface area (Å²) in [6.45, 7) is 10.2. The molecule has 1 rings (SSSR count). The summed E-state index contributed by atoms with van der Waals surface area (Å²) >= 11 is 0. The first-order chi connectivity index (χ1) is 9.10. The van der Waals surface area contributed by atoms with Crippen LogP contribution in [0.3, 0.4) is 0 Å². The molecule has 1 heterocycles. The molecule has 2 N–H and O–H groups in total. The van der Waals surface area contributed by atoms with E-state index in [1.54, 1.807) is 17.0 Å². The number of nitrogens with two attached hydrogens (primary N) is 1. The maximum Gasteiger partial charge on any atom is 0.221 e. The highest BCUT2D eigenvalue weighted by Gasteiger charge is 2.11. The van der Waals surface area contributed by atoms with Crippen molar-refractivity contribution in [2.45, 2.75) is 13.3 Å². The number of ether oxygens (including phenoxy) is 2. The second-order valence-corrected chi connectivity index (χ2v) is 3.95. The summed E-state index contributed by atoms with van der Waals surface area (Å²) in [7, 11) is 1.82. The number of aromatic nitrogens is 2. The van der Waals surface area contributed by atoms with Crippen LogP contribution in [0.15, 0.2) is 37.3 Å². The van der Waals surface area contributed by atoms with E-state index in [9.17, 15) is 0 Å². The van der Waals surface area contributed by atoms with Crippen LogP contribution in [0.4, 0.5) is 0 Å². The first kappa shape index (κ1) is 14.9. The first-order valence-corrected chi connectivity index (χ1v) is 6.11. The van der Waals surface area contributed by atoms with Gasteiger partial charge in [0.05, 0.1) is 25.0 Å². The summed E-state index contributed by atoms with van der Waals surface area (Å²) in [6.07, 6.45) is 5.84. The minimum Gasteiger partial charge on any atom is -0.494 e. The van der Waals surface area contributed by atoms with Crippen LogP contribution in [0.5, 0.6) is 5.88 Å². The van der Waals surface area contributed by atoms with Crippen LogP contribution in [0.2, 0.25) is 0 Å². The highest BCUT2D eigenvalue weighted by Crippen LogP contribution is 2.22. The van der Waals surface area contributed by atoms with Gasteiger partial charge in [0.2, 0.25) is 5.88 Å². The maximum absolute atomic E-state index is 5.88. The van der Waals surface area contributed by atoms with Gasteiger partial charge in [0.1, 0.15) is 5.76 Å². The Hall–Kier alpha value is -2.17. The van der Waals surface area contributed by atoms with E-state index < -0.39 is 0 Å². The summed E-state index contributed by atoms with van der Waals surface area (Å²) in [5, 5.41) is 4.14. The molecule has 1 aromatic rings. The summed E-state index contributed by atoms with van der Waals surface area (Å²) in [4.78, 5) is 0. The van der Waals surface area contributed by atoms with Crippen molar-refractivity contribution in [1.82, 2.24) is 9.78 Å². The zero-order chi connectivity index (χ0) is 14.3. The second-order valence-electron chi connectivity index (χ2n) is 3.95. The molecule has 0 spiro atoms. The Bertz CT molecular complexity index is 475. The lowest BCUT2D eigenvalue weighted by atomic mass is 10.2. The summed E-state index contributed by atoms with van der Waals surface area (Å²) in [5.41, 5.74) is 7.34. The van der Waals surface area contributed by atoms with Gasteiger partial charge in [0.15, 0.2) is 0 Å². The van der Waals surface area contributed by atoms with E-state index in [0.29, 0.717) is 30.5 Å². The summed E-state index contributed by atoms with van der Waals surface area (Å²) in [5.74, 6) is 1.23. The molecule has 0 bridgehead atoms. The molecule has 5 nitrogen and oxygen atoms in total. The minimum absolute atomic E-state index is 0.522. The molecule has 5 heteroatoms. The lowest BCUT2D eigenvalue weighted by Gasteiger charge is -2.09. The van der Waals surface area contributed by atoms with E-state index in [1.807, 2.05) is 20.0 Å². The first-order valence-electron chi connectivity index (χ1n) is 6.11. The number of hydrogen-bond donors (Lipinski definition) is 1. The molecular weight excluding hydrogens is 242 g/mol. The highest BCUT2D eigenvalue weighted by molar-refractivity contribution is 5.65. The van der Waals surface area contributed by atoms with E-state index in [-0.39, 0.29) is 0 Å². The molecule has 0 radical (unpaired) electrons. The van der Waals surface area contributed by atoms with Crippen molar-refractivity contribution >= 4 is 5.70 Å². The monoisotopic (exact) mass is 263 g/mol. The molecule has 0 atom stereocenters. The van der Waals surface area contributed by atoms with E-state index in [0.717, 1.165) is 12.0 Å². The van der Waals surface area contributed by atoms with E-state index in [4.69, 9.17) is 15.2 Å². The van der Waals surface area contributed by atoms with Gasteiger partial charge in [-0.2, -0.15) is 5.10 Å². The van der Waals surface area contributed by atoms with Gasteiger partial charge in [-0.15, -0.1) is 0 Å². The topological polar surface area (TPSA) is 62.3 Å². The third-order valence-electron chi connectivity index (χ3n) is 2.55. The van der Waals surface area contributed by atoms with Gasteiger partial charge in [-0.05, 0) is 13.0 Å². The number of hydrogen-bond acceptors (Lipinski definition) is 4. The molecule has 1 aromatic heterocycles. The molecule has 104 valence electrons. The van der Waals surface area contributed by atoms with Crippen molar-refractivity contribution in [3.05, 3.63) is 42.8 Å². The van der Waals surface area contributed by atoms with Crippen molar-refractivity contribution in [1.29, 1.82) is 0 Å². The van der Waals surface area contributed by atoms with Gasteiger partial charge >= 0.3 is 0 Å². The number of allylic oxidation sites excluding steroid dienone is 2. The number of rotatable bonds is 8. The lowest BCUT2D eigenvalue weighted by molar-refractivity contribution is 0.188. The largest absolute Gasteiger partial charge is 0.494 e. The van der Waals surface area contributed by atoms with Gasteiger partial charge < -0.3 is 15.2 Å². The second kappa shape index (κ2) is 7.31. The Morgan fingerprint density at radius 3 is 2.89 bits per heavy atom. The lowest BCUT2D eigenvalue weighted by Crippen LogP contribution is -2.07. The van der Waals surface area contributed by atoms with Crippen molar-refractivity contribution < 1.29 is 9.47 Å². The fourth-order valence-corrected chi connectivity index (χ4v) is 1.44. The van der Waals surface area contributed by atoms with Crippen molar-refractivity contribution in [2.75, 3.05) is 13.2 Å². The Labute approximate surface area is 114 Å². The minimum atomic E-state index is 0.522. The van der Waals surface area contributed by atoms with Crippen molar-refractivity contribution in [3.63, 3.8) is 0 Å². The average molecular weight is 263 g/mol. The highest BCUT2D eigenvalue weighted by atomic mass is 16.5. The zero-order valence-corrected chi connectivity index (χ0v) is 11.6. The quantitative estimate of drug-likeness (QED) is 0.444. The molecule has 0 aliphatic carbocycles. The fraction of sp³-hybridized carbons (Fsp3) is 0.357. The van der Waals surface area contributed by atoms with Gasteiger partial charge in [0.25, 0.3) is 0 Å². The zero-order valence-electron chi connectivity index (χ0n) is 11.6. The number of nitrogens with zero attached hydrogens (tertiary/aromatic N) is 2. The van der Waals surface area contributed by atoms with Crippen LogP contribution in [0.1, 0.15) is 18.9 Å². The van der Waals surface area contributed by atoms with E-state index in [1.165, 1.54) is 0 Å². The third-order valence-corrected chi connectivity index (χ3v) is 2.55. The molecule has 0 fully saturated rings. The van der Waals surface area contributed by atoms with Crippen LogP contribution in [0.25, 0.3) is 5.70 Å². The van der Waals surface area contributed by atoms with E-state index >= 15 is 0 Å². The fourth-order valence-electron chi connectivity index (χ4n) is 1.44. The van der Waals surface area contributed by atoms with Gasteiger partial charge in [-0.1, -0.05) is 19.2 Å². The van der Waals surface area contributed by atoms with Crippen LogP contribution in [0, 0.1) is 0 Å². The molecule has 0 aliphatic rings. The van der Waals surface area contributed by atoms with Crippen molar-refractivity contribution in [2.24, 2.45) is 12.8 Å². The van der Waals surface area contributed by atoms with Crippen molar-refractivity contribution in [3.8, 4) is 5.88 Å². The summed E-state index contributed by atoms with van der Waals surface area (Å²) in [6, 6.07) is 0. The molecule has 0 amide bonds. The van der Waals surface area contributed by atoms with Gasteiger partial charge in [0, 0.05) is 19.2 Å². The molecule has 0 aliphatic heterocycles. The smallest absolute Gasteiger partial charge is 0.221 e. The average Bonchev–Trinajstić information content (AvgIpc) is 2.78. The molecule has 0 aromatic carbocycles. The molecule has 19 heavy (non-hydrogen) atoms. The third kappa shape index (κ3) is 4.21. The molecule has 0 saturated carbocycles. The van der Waals surface area contributed by atoms with Crippen LogP contribution in [-0.2, 0) is 11.8 Å². The summed E-state index contributed by atoms with van der Waals surface area (Å²) < 4.78 is 12.6. The predicted octanol–water partition coefficient (Wildman–Crippen LogP) is 2.22. The van der Waals surface area contributed by atoms with Gasteiger partial charge in [-0.25, -0.2) is 4.68 Å². The van der Waals surface area contributed by atoms with Crippen LogP contribution >= 0.6 is 0 Å². The Morgan fingerprint density at radius 2 is 2.26 bits per heavy atom. The maximum atomic E-state index is 5.88.